The van der Waals surface area contributed by atoms with Gasteiger partial charge in [-0.05, 0) is 74.1 Å². The Morgan fingerprint density at radius 2 is 1.51 bits per heavy atom. The SMILES string of the molecule is COC(=O)NC(C(=O)N1CCCC1c1ncc(-c2ccc3[nH]c4c(c3c2)C(CC(C)C)Oc2cc(C3=NC(C5CCCN5C(=O)C(NC(=O)OC)C(C)C)NC3)ccc2-4)[nH]1)C(C)C. The van der Waals surface area contributed by atoms with Crippen LogP contribution >= 0.6 is 0 Å². The summed E-state index contributed by atoms with van der Waals surface area (Å²) in [7, 11) is 2.60. The highest BCUT2D eigenvalue weighted by molar-refractivity contribution is 6.05. The molecule has 2 fully saturated rings. The van der Waals surface area contributed by atoms with Crippen LogP contribution in [0, 0.1) is 17.8 Å². The number of aliphatic imine (C=N–C) groups is 1. The van der Waals surface area contributed by atoms with E-state index in [1.54, 1.807) is 0 Å². The number of carbonyl (C=O) groups excluding carboxylic acids is 4. The molecule has 4 amide bonds. The number of alkyl carbamates (subject to hydrolysis) is 2. The Balaban J connectivity index is 1.04. The van der Waals surface area contributed by atoms with E-state index >= 15 is 0 Å². The summed E-state index contributed by atoms with van der Waals surface area (Å²) in [6, 6.07) is 10.9. The van der Waals surface area contributed by atoms with E-state index in [1.165, 1.54) is 14.2 Å². The Bertz CT molecular complexity index is 2400. The first-order valence-electron chi connectivity index (χ1n) is 22.4. The zero-order chi connectivity index (χ0) is 44.7. The number of amides is 4. The molecule has 336 valence electrons. The zero-order valence-electron chi connectivity index (χ0n) is 37.5. The fourth-order valence-corrected chi connectivity index (χ4v) is 9.72. The number of imidazole rings is 1. The van der Waals surface area contributed by atoms with Crippen molar-refractivity contribution < 1.29 is 33.4 Å². The van der Waals surface area contributed by atoms with Crippen LogP contribution in [0.5, 0.6) is 5.75 Å². The van der Waals surface area contributed by atoms with E-state index < -0.39 is 24.3 Å². The van der Waals surface area contributed by atoms with Crippen LogP contribution < -0.4 is 20.7 Å². The van der Waals surface area contributed by atoms with Gasteiger partial charge in [0.15, 0.2) is 0 Å². The summed E-state index contributed by atoms with van der Waals surface area (Å²) >= 11 is 0. The van der Waals surface area contributed by atoms with Crippen LogP contribution in [0.4, 0.5) is 9.59 Å². The molecule has 0 saturated carbocycles. The van der Waals surface area contributed by atoms with E-state index in [0.29, 0.717) is 31.4 Å². The number of ether oxygens (including phenoxy) is 3. The Hall–Kier alpha value is -5.90. The highest BCUT2D eigenvalue weighted by Crippen LogP contribution is 2.48. The van der Waals surface area contributed by atoms with Crippen LogP contribution in [0.25, 0.3) is 33.4 Å². The van der Waals surface area contributed by atoms with E-state index in [0.717, 1.165) is 88.1 Å². The number of hydrogen-bond donors (Lipinski definition) is 5. The third-order valence-electron chi connectivity index (χ3n) is 13.0. The van der Waals surface area contributed by atoms with Gasteiger partial charge in [0.05, 0.1) is 49.6 Å². The highest BCUT2D eigenvalue weighted by Gasteiger charge is 2.41. The molecule has 0 spiro atoms. The van der Waals surface area contributed by atoms with Crippen molar-refractivity contribution in [1.29, 1.82) is 0 Å². The van der Waals surface area contributed by atoms with Crippen LogP contribution in [0.1, 0.15) is 103 Å². The predicted octanol–water partition coefficient (Wildman–Crippen LogP) is 6.84. The summed E-state index contributed by atoms with van der Waals surface area (Å²) in [5, 5.41) is 10.1. The molecule has 5 N–H and O–H groups in total. The summed E-state index contributed by atoms with van der Waals surface area (Å²) in [5.74, 6) is 1.39. The standard InChI is InChI=1S/C47H61N9O7/c1-24(2)19-37-38-30-20-27(32-22-48-42(51-32)34-11-9-17-55(34)44(57)39(25(3)4)53-46(59)61-7)14-16-31(30)50-41(38)29-15-13-28(21-36(29)63-37)33-23-49-43(52-33)35-12-10-18-56(35)45(58)40(26(5)6)54-47(60)62-8/h13-16,20-22,24-26,34-35,37,39-40,43,49-50H,9-12,17-19,23H2,1-8H3,(H,48,51)(H,53,59)(H,54,60). The van der Waals surface area contributed by atoms with Crippen molar-refractivity contribution in [3.63, 3.8) is 0 Å². The normalized spacial score (nSPS) is 21.6. The minimum Gasteiger partial charge on any atom is -0.485 e. The number of fused-ring (bicyclic) bond motifs is 5. The summed E-state index contributed by atoms with van der Waals surface area (Å²) in [6.45, 7) is 13.8. The van der Waals surface area contributed by atoms with E-state index in [9.17, 15) is 19.2 Å². The van der Waals surface area contributed by atoms with Crippen LogP contribution in [0.3, 0.4) is 0 Å². The topological polar surface area (TPSA) is 195 Å². The number of aromatic amines is 2. The van der Waals surface area contributed by atoms with Crippen LogP contribution in [-0.4, -0.2) is 113 Å². The van der Waals surface area contributed by atoms with Crippen LogP contribution in [0.15, 0.2) is 47.6 Å². The smallest absolute Gasteiger partial charge is 0.407 e. The summed E-state index contributed by atoms with van der Waals surface area (Å²) in [5.41, 5.74) is 7.85. The van der Waals surface area contributed by atoms with Crippen molar-refractivity contribution in [2.45, 2.75) is 110 Å². The second kappa shape index (κ2) is 18.1. The van der Waals surface area contributed by atoms with Gasteiger partial charge in [0.25, 0.3) is 0 Å². The fraction of sp³-hybridized carbons (Fsp3) is 0.532. The molecule has 0 bridgehead atoms. The van der Waals surface area contributed by atoms with E-state index in [-0.39, 0.29) is 48.0 Å². The molecule has 2 aromatic heterocycles. The quantitative estimate of drug-likeness (QED) is 0.101. The molecule has 2 saturated heterocycles. The van der Waals surface area contributed by atoms with Crippen molar-refractivity contribution in [2.75, 3.05) is 33.9 Å². The predicted molar refractivity (Wildman–Crippen MR) is 239 cm³/mol. The maximum Gasteiger partial charge on any atom is 0.407 e. The molecule has 16 nitrogen and oxygen atoms in total. The maximum atomic E-state index is 13.8. The van der Waals surface area contributed by atoms with Gasteiger partial charge in [-0.2, -0.15) is 0 Å². The van der Waals surface area contributed by atoms with Crippen molar-refractivity contribution >= 4 is 40.6 Å². The first-order valence-corrected chi connectivity index (χ1v) is 22.4. The second-order valence-corrected chi connectivity index (χ2v) is 18.4. The minimum atomic E-state index is -0.706. The minimum absolute atomic E-state index is 0.107. The summed E-state index contributed by atoms with van der Waals surface area (Å²) < 4.78 is 16.5. The lowest BCUT2D eigenvalue weighted by molar-refractivity contribution is -0.136. The van der Waals surface area contributed by atoms with Crippen molar-refractivity contribution in [2.24, 2.45) is 22.7 Å². The molecular formula is C47H61N9O7. The van der Waals surface area contributed by atoms with E-state index in [4.69, 9.17) is 24.2 Å². The molecular weight excluding hydrogens is 803 g/mol. The van der Waals surface area contributed by atoms with Gasteiger partial charge in [0, 0.05) is 52.8 Å². The number of nitrogens with zero attached hydrogens (tertiary/aromatic N) is 4. The van der Waals surface area contributed by atoms with Gasteiger partial charge in [-0.25, -0.2) is 14.6 Å². The van der Waals surface area contributed by atoms with Crippen LogP contribution in [-0.2, 0) is 19.1 Å². The van der Waals surface area contributed by atoms with Crippen molar-refractivity contribution in [3.05, 3.63) is 59.5 Å². The molecule has 0 radical (unpaired) electrons. The van der Waals surface area contributed by atoms with Crippen molar-refractivity contribution in [3.8, 4) is 28.3 Å². The first kappa shape index (κ1) is 43.7. The number of aromatic nitrogens is 3. The Morgan fingerprint density at radius 1 is 0.841 bits per heavy atom. The molecule has 16 heteroatoms. The number of nitrogens with one attached hydrogen (secondary N) is 5. The molecule has 4 aliphatic heterocycles. The average molecular weight is 864 g/mol. The molecule has 0 aliphatic carbocycles. The number of rotatable bonds is 12. The Morgan fingerprint density at radius 3 is 2.19 bits per heavy atom. The summed E-state index contributed by atoms with van der Waals surface area (Å²) in [4.78, 5) is 72.6. The van der Waals surface area contributed by atoms with Gasteiger partial charge in [-0.3, -0.25) is 19.9 Å². The molecule has 6 heterocycles. The zero-order valence-corrected chi connectivity index (χ0v) is 37.5. The summed E-state index contributed by atoms with van der Waals surface area (Å²) in [6.07, 6.45) is 4.22. The third kappa shape index (κ3) is 8.61. The second-order valence-electron chi connectivity index (χ2n) is 18.4. The van der Waals surface area contributed by atoms with Crippen molar-refractivity contribution in [1.82, 2.24) is 40.7 Å². The Labute approximate surface area is 368 Å². The Kier molecular flexibility index (Phi) is 12.5. The fourth-order valence-electron chi connectivity index (χ4n) is 9.72. The van der Waals surface area contributed by atoms with Gasteiger partial charge >= 0.3 is 12.2 Å². The monoisotopic (exact) mass is 863 g/mol. The molecule has 4 aromatic rings. The van der Waals surface area contributed by atoms with Gasteiger partial charge in [0.1, 0.15) is 35.9 Å². The lowest BCUT2D eigenvalue weighted by Gasteiger charge is -2.32. The molecule has 8 rings (SSSR count). The average Bonchev–Trinajstić information content (AvgIpc) is 4.12. The molecule has 4 aliphatic rings. The number of likely N-dealkylation sites (tertiary alicyclic amines) is 2. The van der Waals surface area contributed by atoms with E-state index in [2.05, 4.69) is 76.2 Å². The highest BCUT2D eigenvalue weighted by atomic mass is 16.5. The van der Waals surface area contributed by atoms with Gasteiger partial charge in [0.2, 0.25) is 11.8 Å². The molecule has 6 atom stereocenters. The first-order chi connectivity index (χ1) is 30.3. The van der Waals surface area contributed by atoms with Gasteiger partial charge < -0.3 is 44.6 Å². The molecule has 2 aromatic carbocycles. The lowest BCUT2D eigenvalue weighted by atomic mass is 9.91. The van der Waals surface area contributed by atoms with Gasteiger partial charge in [-0.15, -0.1) is 0 Å². The number of carbonyl (C=O) groups is 4. The number of methoxy groups -OCH3 is 2. The van der Waals surface area contributed by atoms with Crippen LogP contribution in [0.2, 0.25) is 0 Å². The molecule has 63 heavy (non-hydrogen) atoms. The van der Waals surface area contributed by atoms with E-state index in [1.807, 2.05) is 43.7 Å². The molecule has 6 unspecified atom stereocenters. The number of hydrogen-bond acceptors (Lipinski definition) is 10. The van der Waals surface area contributed by atoms with Gasteiger partial charge in [-0.1, -0.05) is 53.7 Å². The number of H-pyrrole nitrogens is 2. The number of benzene rings is 2. The third-order valence-corrected chi connectivity index (χ3v) is 13.0. The maximum absolute atomic E-state index is 13.8. The lowest BCUT2D eigenvalue weighted by Crippen LogP contribution is -2.55. The largest absolute Gasteiger partial charge is 0.485 e.